The topological polar surface area (TPSA) is 0 Å². The summed E-state index contributed by atoms with van der Waals surface area (Å²) >= 11 is 0. The highest BCUT2D eigenvalue weighted by Crippen LogP contribution is 2.33. The molecule has 0 aromatic heterocycles. The molecule has 0 radical (unpaired) electrons. The lowest BCUT2D eigenvalue weighted by Crippen LogP contribution is -2.04. The Balaban J connectivity index is 2.31. The molecule has 0 bridgehead atoms. The van der Waals surface area contributed by atoms with Crippen LogP contribution in [0.2, 0.25) is 0 Å². The summed E-state index contributed by atoms with van der Waals surface area (Å²) in [6, 6.07) is 13.7. The fraction of sp³-hybridized carbons (Fsp3) is 0.200. The van der Waals surface area contributed by atoms with Crippen molar-refractivity contribution >= 4 is 33.7 Å². The van der Waals surface area contributed by atoms with E-state index in [9.17, 15) is 0 Å². The first kappa shape index (κ1) is 11.7. The second kappa shape index (κ2) is 4.21. The molecule has 3 aromatic carbocycles. The smallest absolute Gasteiger partial charge is 0.00240 e. The molecule has 1 aliphatic carbocycles. The normalized spacial score (nSPS) is 13.9. The van der Waals surface area contributed by atoms with Gasteiger partial charge in [0, 0.05) is 0 Å². The molecule has 1 aliphatic rings. The first-order valence-corrected chi connectivity index (χ1v) is 7.40. The molecular weight excluding hydrogens is 240 g/mol. The van der Waals surface area contributed by atoms with Gasteiger partial charge in [0.15, 0.2) is 0 Å². The summed E-state index contributed by atoms with van der Waals surface area (Å²) in [7, 11) is 0. The van der Waals surface area contributed by atoms with Crippen LogP contribution < -0.4 is 5.22 Å². The fourth-order valence-electron chi connectivity index (χ4n) is 3.43. The van der Waals surface area contributed by atoms with Crippen molar-refractivity contribution in [3.63, 3.8) is 0 Å². The zero-order valence-electron chi connectivity index (χ0n) is 12.0. The summed E-state index contributed by atoms with van der Waals surface area (Å²) in [5, 5.41) is 7.02. The molecule has 4 rings (SSSR count). The standard InChI is InChI=1S/C20H18/c1-13(2)17-11-9-16-8-7-14-5-3-4-6-15-10-12-18(17)20(16)19(14)15/h4-13H,3H2,1-2H3. The summed E-state index contributed by atoms with van der Waals surface area (Å²) in [4.78, 5) is 0. The van der Waals surface area contributed by atoms with Crippen LogP contribution in [0.1, 0.15) is 37.3 Å². The highest BCUT2D eigenvalue weighted by Gasteiger charge is 2.12. The maximum Gasteiger partial charge on any atom is -0.00240 e. The van der Waals surface area contributed by atoms with Gasteiger partial charge in [0.05, 0.1) is 0 Å². The summed E-state index contributed by atoms with van der Waals surface area (Å²) < 4.78 is 0. The zero-order chi connectivity index (χ0) is 13.7. The lowest BCUT2D eigenvalue weighted by molar-refractivity contribution is 0.877. The molecule has 3 aromatic rings. The van der Waals surface area contributed by atoms with Gasteiger partial charge < -0.3 is 0 Å². The van der Waals surface area contributed by atoms with Gasteiger partial charge in [-0.25, -0.2) is 0 Å². The van der Waals surface area contributed by atoms with Crippen molar-refractivity contribution in [1.29, 1.82) is 0 Å². The molecule has 0 amide bonds. The third-order valence-electron chi connectivity index (χ3n) is 4.40. The molecule has 20 heavy (non-hydrogen) atoms. The summed E-state index contributed by atoms with van der Waals surface area (Å²) in [5.74, 6) is 0.557. The van der Waals surface area contributed by atoms with Crippen molar-refractivity contribution in [2.24, 2.45) is 0 Å². The molecule has 0 saturated carbocycles. The minimum Gasteiger partial charge on any atom is -0.0801 e. The third kappa shape index (κ3) is 1.54. The number of rotatable bonds is 1. The molecule has 0 heterocycles. The molecular formula is C20H18. The molecule has 0 N–H and O–H groups in total. The Kier molecular flexibility index (Phi) is 2.47. The molecule has 0 heteroatoms. The van der Waals surface area contributed by atoms with Crippen LogP contribution in [0.25, 0.3) is 33.7 Å². The maximum atomic E-state index is 2.34. The molecule has 0 aliphatic heterocycles. The molecule has 0 nitrogen and oxygen atoms in total. The van der Waals surface area contributed by atoms with Gasteiger partial charge in [-0.05, 0) is 50.2 Å². The van der Waals surface area contributed by atoms with Crippen LogP contribution in [-0.4, -0.2) is 0 Å². The Morgan fingerprint density at radius 3 is 2.60 bits per heavy atom. The SMILES string of the molecule is CC(C)c1ccc2ccc3c4c(ccc1c24)C=CCC=3. The predicted octanol–water partition coefficient (Wildman–Crippen LogP) is 5.03. The highest BCUT2D eigenvalue weighted by atomic mass is 14.2. The van der Waals surface area contributed by atoms with Crippen LogP contribution in [0, 0.1) is 0 Å². The van der Waals surface area contributed by atoms with Crippen LogP contribution in [0.15, 0.2) is 42.5 Å². The quantitative estimate of drug-likeness (QED) is 0.574. The summed E-state index contributed by atoms with van der Waals surface area (Å²) in [6.45, 7) is 4.55. The fourth-order valence-corrected chi connectivity index (χ4v) is 3.43. The van der Waals surface area contributed by atoms with Crippen molar-refractivity contribution in [2.75, 3.05) is 0 Å². The van der Waals surface area contributed by atoms with Gasteiger partial charge in [0.1, 0.15) is 0 Å². The van der Waals surface area contributed by atoms with E-state index in [1.54, 1.807) is 0 Å². The van der Waals surface area contributed by atoms with Gasteiger partial charge in [-0.2, -0.15) is 0 Å². The van der Waals surface area contributed by atoms with E-state index in [1.165, 1.54) is 37.9 Å². The van der Waals surface area contributed by atoms with Gasteiger partial charge in [-0.1, -0.05) is 68.5 Å². The monoisotopic (exact) mass is 258 g/mol. The van der Waals surface area contributed by atoms with E-state index in [1.807, 2.05) is 0 Å². The van der Waals surface area contributed by atoms with E-state index in [0.29, 0.717) is 5.92 Å². The number of allylic oxidation sites excluding steroid dienone is 1. The van der Waals surface area contributed by atoms with Gasteiger partial charge in [0.2, 0.25) is 0 Å². The second-order valence-corrected chi connectivity index (χ2v) is 5.98. The largest absolute Gasteiger partial charge is 0.0801 e. The Bertz CT molecular complexity index is 895. The van der Waals surface area contributed by atoms with E-state index >= 15 is 0 Å². The van der Waals surface area contributed by atoms with E-state index in [2.05, 4.69) is 68.5 Å². The number of benzene rings is 3. The average molecular weight is 258 g/mol. The van der Waals surface area contributed by atoms with E-state index < -0.39 is 0 Å². The van der Waals surface area contributed by atoms with Crippen LogP contribution in [0.5, 0.6) is 0 Å². The molecule has 0 unspecified atom stereocenters. The predicted molar refractivity (Wildman–Crippen MR) is 88.9 cm³/mol. The van der Waals surface area contributed by atoms with E-state index in [0.717, 1.165) is 6.42 Å². The van der Waals surface area contributed by atoms with Gasteiger partial charge >= 0.3 is 0 Å². The lowest BCUT2D eigenvalue weighted by atomic mass is 9.89. The van der Waals surface area contributed by atoms with Gasteiger partial charge in [-0.15, -0.1) is 0 Å². The molecule has 98 valence electrons. The van der Waals surface area contributed by atoms with Crippen molar-refractivity contribution in [2.45, 2.75) is 26.2 Å². The molecule has 0 saturated heterocycles. The van der Waals surface area contributed by atoms with Crippen LogP contribution in [-0.2, 0) is 0 Å². The number of hydrogen-bond donors (Lipinski definition) is 0. The lowest BCUT2D eigenvalue weighted by Gasteiger charge is -2.15. The maximum absolute atomic E-state index is 2.34. The van der Waals surface area contributed by atoms with Crippen LogP contribution in [0.3, 0.4) is 0 Å². The first-order chi connectivity index (χ1) is 9.75. The minimum atomic E-state index is 0.557. The molecule has 0 atom stereocenters. The average Bonchev–Trinajstić information content (AvgIpc) is 2.67. The zero-order valence-corrected chi connectivity index (χ0v) is 12.0. The summed E-state index contributed by atoms with van der Waals surface area (Å²) in [5.41, 5.74) is 2.81. The molecule has 0 spiro atoms. The van der Waals surface area contributed by atoms with Crippen molar-refractivity contribution in [1.82, 2.24) is 0 Å². The Hall–Kier alpha value is -2.08. The Labute approximate surface area is 119 Å². The van der Waals surface area contributed by atoms with Crippen molar-refractivity contribution < 1.29 is 0 Å². The summed E-state index contributed by atoms with van der Waals surface area (Å²) in [6.07, 6.45) is 7.88. The van der Waals surface area contributed by atoms with Gasteiger partial charge in [-0.3, -0.25) is 0 Å². The number of hydrogen-bond acceptors (Lipinski definition) is 0. The third-order valence-corrected chi connectivity index (χ3v) is 4.40. The second-order valence-electron chi connectivity index (χ2n) is 5.98. The van der Waals surface area contributed by atoms with Crippen LogP contribution in [0.4, 0.5) is 0 Å². The highest BCUT2D eigenvalue weighted by molar-refractivity contribution is 6.14. The van der Waals surface area contributed by atoms with Crippen molar-refractivity contribution in [3.05, 3.63) is 58.8 Å². The minimum absolute atomic E-state index is 0.557. The van der Waals surface area contributed by atoms with E-state index in [-0.39, 0.29) is 0 Å². The first-order valence-electron chi connectivity index (χ1n) is 7.40. The van der Waals surface area contributed by atoms with Crippen molar-refractivity contribution in [3.8, 4) is 0 Å². The molecule has 0 fully saturated rings. The van der Waals surface area contributed by atoms with Crippen LogP contribution >= 0.6 is 0 Å². The Morgan fingerprint density at radius 2 is 1.75 bits per heavy atom. The Morgan fingerprint density at radius 1 is 0.900 bits per heavy atom. The van der Waals surface area contributed by atoms with E-state index in [4.69, 9.17) is 0 Å². The van der Waals surface area contributed by atoms with Gasteiger partial charge in [0.25, 0.3) is 0 Å².